The standard InChI is InChI=1S/C46H35N3OS2/c1-49-45(27-12-3-2-4-13-27)47-44(48-46(49)36-21-11-19-34-30-15-6-8-23-40(30)52-43(34)36)28-24-25-38-37(26-28)32-17-9-16-31(41(32)50-38)35-20-10-18-33-29-14-5-7-22-39(29)51-42(33)35/h2-15,17-26,31,44-48H,16H2,1H3. The van der Waals surface area contributed by atoms with Crippen molar-refractivity contribution >= 4 is 80.1 Å². The molecule has 6 heteroatoms. The summed E-state index contributed by atoms with van der Waals surface area (Å²) in [5, 5.41) is 14.5. The van der Waals surface area contributed by atoms with Gasteiger partial charge in [-0.25, -0.2) is 0 Å². The summed E-state index contributed by atoms with van der Waals surface area (Å²) in [4.78, 5) is 2.44. The molecule has 4 nitrogen and oxygen atoms in total. The van der Waals surface area contributed by atoms with Crippen molar-refractivity contribution in [1.29, 1.82) is 0 Å². The van der Waals surface area contributed by atoms with Gasteiger partial charge in [0.15, 0.2) is 0 Å². The van der Waals surface area contributed by atoms with E-state index in [9.17, 15) is 0 Å². The molecule has 52 heavy (non-hydrogen) atoms. The van der Waals surface area contributed by atoms with Crippen LogP contribution < -0.4 is 10.6 Å². The van der Waals surface area contributed by atoms with Gasteiger partial charge < -0.3 is 4.42 Å². The molecule has 1 aliphatic heterocycles. The molecular formula is C46H35N3OS2. The van der Waals surface area contributed by atoms with Gasteiger partial charge in [-0.1, -0.05) is 121 Å². The third-order valence-corrected chi connectivity index (χ3v) is 13.7. The van der Waals surface area contributed by atoms with E-state index in [-0.39, 0.29) is 24.4 Å². The van der Waals surface area contributed by atoms with E-state index >= 15 is 0 Å². The highest BCUT2D eigenvalue weighted by Crippen LogP contribution is 2.47. The fourth-order valence-electron chi connectivity index (χ4n) is 8.70. The Hall–Kier alpha value is -5.08. The van der Waals surface area contributed by atoms with Gasteiger partial charge in [0.25, 0.3) is 0 Å². The van der Waals surface area contributed by atoms with Crippen molar-refractivity contribution in [3.8, 4) is 0 Å². The Morgan fingerprint density at radius 2 is 1.23 bits per heavy atom. The fraction of sp³-hybridized carbons (Fsp3) is 0.130. The van der Waals surface area contributed by atoms with E-state index in [0.29, 0.717) is 0 Å². The molecule has 1 saturated heterocycles. The van der Waals surface area contributed by atoms with E-state index in [1.165, 1.54) is 73.5 Å². The SMILES string of the molecule is CN1C(c2ccccc2)NC(c2ccc3oc4c(c3c2)C=CCC4c2cccc3c2sc2ccccc23)NC1c1cccc2c1sc1ccccc12. The van der Waals surface area contributed by atoms with Crippen LogP contribution in [0.15, 0.2) is 144 Å². The highest BCUT2D eigenvalue weighted by Gasteiger charge is 2.36. The van der Waals surface area contributed by atoms with Gasteiger partial charge in [0.05, 0.1) is 18.5 Å². The van der Waals surface area contributed by atoms with Crippen molar-refractivity contribution in [2.75, 3.05) is 7.05 Å². The number of nitrogens with one attached hydrogen (secondary N) is 2. The molecule has 0 spiro atoms. The maximum atomic E-state index is 6.80. The summed E-state index contributed by atoms with van der Waals surface area (Å²) in [7, 11) is 2.22. The van der Waals surface area contributed by atoms with Gasteiger partial charge in [0, 0.05) is 62.8 Å². The molecule has 3 aromatic heterocycles. The first kappa shape index (κ1) is 30.5. The Bertz CT molecular complexity index is 2850. The molecule has 6 aromatic carbocycles. The van der Waals surface area contributed by atoms with Crippen LogP contribution in [0.25, 0.3) is 57.4 Å². The lowest BCUT2D eigenvalue weighted by atomic mass is 9.86. The van der Waals surface area contributed by atoms with Gasteiger partial charge in [-0.15, -0.1) is 22.7 Å². The van der Waals surface area contributed by atoms with Crippen molar-refractivity contribution in [1.82, 2.24) is 15.5 Å². The van der Waals surface area contributed by atoms with E-state index in [1.54, 1.807) is 0 Å². The molecule has 2 N–H and O–H groups in total. The predicted octanol–water partition coefficient (Wildman–Crippen LogP) is 12.2. The quantitative estimate of drug-likeness (QED) is 0.191. The summed E-state index contributed by atoms with van der Waals surface area (Å²) in [6, 6.07) is 48.7. The Labute approximate surface area is 309 Å². The number of hydrogen-bond acceptors (Lipinski definition) is 6. The number of furan rings is 1. The largest absolute Gasteiger partial charge is 0.460 e. The van der Waals surface area contributed by atoms with Crippen LogP contribution in [0.4, 0.5) is 0 Å². The molecule has 0 amide bonds. The minimum absolute atomic E-state index is 0.00196. The van der Waals surface area contributed by atoms with Gasteiger partial charge in [-0.2, -0.15) is 0 Å². The van der Waals surface area contributed by atoms with Gasteiger partial charge >= 0.3 is 0 Å². The third kappa shape index (κ3) is 4.69. The number of thiophene rings is 2. The number of nitrogens with zero attached hydrogens (tertiary/aromatic N) is 1. The fourth-order valence-corrected chi connectivity index (χ4v) is 11.2. The van der Waals surface area contributed by atoms with Crippen LogP contribution in [0.3, 0.4) is 0 Å². The minimum atomic E-state index is -0.0957. The van der Waals surface area contributed by atoms with Crippen molar-refractivity contribution < 1.29 is 4.42 Å². The lowest BCUT2D eigenvalue weighted by molar-refractivity contribution is 0.0424. The molecule has 2 aliphatic rings. The molecule has 0 bridgehead atoms. The summed E-state index contributed by atoms with van der Waals surface area (Å²) in [5.41, 5.74) is 7.23. The summed E-state index contributed by atoms with van der Waals surface area (Å²) in [5.74, 6) is 1.24. The van der Waals surface area contributed by atoms with Crippen molar-refractivity contribution in [3.63, 3.8) is 0 Å². The van der Waals surface area contributed by atoms with Crippen molar-refractivity contribution in [3.05, 3.63) is 173 Å². The number of rotatable bonds is 4. The van der Waals surface area contributed by atoms with Gasteiger partial charge in [0.1, 0.15) is 11.3 Å². The second-order valence-corrected chi connectivity index (χ2v) is 16.2. The first-order valence-corrected chi connectivity index (χ1v) is 19.6. The molecule has 4 unspecified atom stereocenters. The molecule has 0 radical (unpaired) electrons. The second kappa shape index (κ2) is 12.0. The average Bonchev–Trinajstić information content (AvgIpc) is 3.89. The van der Waals surface area contributed by atoms with Crippen LogP contribution in [-0.2, 0) is 0 Å². The normalized spacial score (nSPS) is 20.8. The van der Waals surface area contributed by atoms with Gasteiger partial charge in [0.2, 0.25) is 0 Å². The number of allylic oxidation sites excluding steroid dienone is 1. The van der Waals surface area contributed by atoms with Crippen molar-refractivity contribution in [2.45, 2.75) is 30.8 Å². The second-order valence-electron chi connectivity index (χ2n) is 14.1. The minimum Gasteiger partial charge on any atom is -0.460 e. The Morgan fingerprint density at radius 3 is 1.98 bits per heavy atom. The first-order chi connectivity index (χ1) is 25.7. The zero-order valence-corrected chi connectivity index (χ0v) is 30.2. The smallest absolute Gasteiger partial charge is 0.134 e. The topological polar surface area (TPSA) is 40.4 Å². The van der Waals surface area contributed by atoms with Crippen LogP contribution in [-0.4, -0.2) is 11.9 Å². The molecule has 4 heterocycles. The number of fused-ring (bicyclic) bond motifs is 9. The van der Waals surface area contributed by atoms with E-state index in [0.717, 1.165) is 17.8 Å². The summed E-state index contributed by atoms with van der Waals surface area (Å²) in [6.45, 7) is 0. The number of hydrogen-bond donors (Lipinski definition) is 2. The Balaban J connectivity index is 1.01. The van der Waals surface area contributed by atoms with E-state index in [4.69, 9.17) is 4.42 Å². The monoisotopic (exact) mass is 709 g/mol. The molecule has 9 aromatic rings. The third-order valence-electron chi connectivity index (χ3n) is 11.2. The first-order valence-electron chi connectivity index (χ1n) is 18.0. The van der Waals surface area contributed by atoms with E-state index in [1.807, 2.05) is 22.7 Å². The van der Waals surface area contributed by atoms with Crippen molar-refractivity contribution in [2.24, 2.45) is 0 Å². The zero-order valence-electron chi connectivity index (χ0n) is 28.5. The molecule has 252 valence electrons. The van der Waals surface area contributed by atoms with E-state index < -0.39 is 0 Å². The zero-order chi connectivity index (χ0) is 34.3. The summed E-state index contributed by atoms with van der Waals surface area (Å²) in [6.07, 6.45) is 5.42. The van der Waals surface area contributed by atoms with E-state index in [2.05, 4.69) is 168 Å². The highest BCUT2D eigenvalue weighted by atomic mass is 32.1. The molecule has 1 aliphatic carbocycles. The molecular weight excluding hydrogens is 675 g/mol. The molecule has 4 atom stereocenters. The highest BCUT2D eigenvalue weighted by molar-refractivity contribution is 7.26. The lowest BCUT2D eigenvalue weighted by Crippen LogP contribution is -2.54. The molecule has 11 rings (SSSR count). The van der Waals surface area contributed by atoms with Gasteiger partial charge in [-0.05, 0) is 54.4 Å². The van der Waals surface area contributed by atoms with Crippen LogP contribution in [0.1, 0.15) is 64.4 Å². The van der Waals surface area contributed by atoms with Crippen LogP contribution in [0.2, 0.25) is 0 Å². The summed E-state index contributed by atoms with van der Waals surface area (Å²) < 4.78 is 12.2. The predicted molar refractivity (Wildman–Crippen MR) is 219 cm³/mol. The molecule has 0 saturated carbocycles. The summed E-state index contributed by atoms with van der Waals surface area (Å²) >= 11 is 3.79. The maximum absolute atomic E-state index is 6.80. The van der Waals surface area contributed by atoms with Crippen LogP contribution in [0.5, 0.6) is 0 Å². The van der Waals surface area contributed by atoms with Crippen LogP contribution in [0, 0.1) is 0 Å². The molecule has 1 fully saturated rings. The lowest BCUT2D eigenvalue weighted by Gasteiger charge is -2.45. The number of benzene rings is 6. The maximum Gasteiger partial charge on any atom is 0.134 e. The van der Waals surface area contributed by atoms with Crippen LogP contribution >= 0.6 is 22.7 Å². The Morgan fingerprint density at radius 1 is 0.596 bits per heavy atom. The Kier molecular flexibility index (Phi) is 7.04. The average molecular weight is 710 g/mol. The van der Waals surface area contributed by atoms with Gasteiger partial charge in [-0.3, -0.25) is 15.5 Å².